The fourth-order valence-electron chi connectivity index (χ4n) is 2.59. The minimum absolute atomic E-state index is 0.00893. The van der Waals surface area contributed by atoms with E-state index in [0.29, 0.717) is 6.54 Å². The standard InChI is InChI=1S/C20H26N2O/c1-15(18(21)16-10-6-4-7-11-16)19(23)22-14-20(2,3)17-12-8-5-9-13-17/h4-13,15,18H,14,21H2,1-3H3,(H,22,23). The van der Waals surface area contributed by atoms with Gasteiger partial charge in [0.05, 0.1) is 5.92 Å². The van der Waals surface area contributed by atoms with Crippen LogP contribution in [-0.4, -0.2) is 12.5 Å². The van der Waals surface area contributed by atoms with Crippen molar-refractivity contribution in [1.29, 1.82) is 0 Å². The lowest BCUT2D eigenvalue weighted by Gasteiger charge is -2.27. The van der Waals surface area contributed by atoms with Crippen molar-refractivity contribution in [3.05, 3.63) is 71.8 Å². The molecule has 2 aromatic carbocycles. The summed E-state index contributed by atoms with van der Waals surface area (Å²) in [5.41, 5.74) is 8.30. The summed E-state index contributed by atoms with van der Waals surface area (Å²) < 4.78 is 0. The summed E-state index contributed by atoms with van der Waals surface area (Å²) in [6, 6.07) is 19.7. The van der Waals surface area contributed by atoms with Crippen LogP contribution in [0.5, 0.6) is 0 Å². The summed E-state index contributed by atoms with van der Waals surface area (Å²) in [7, 11) is 0. The Labute approximate surface area is 138 Å². The molecular weight excluding hydrogens is 284 g/mol. The first-order valence-corrected chi connectivity index (χ1v) is 8.05. The number of rotatable bonds is 6. The Kier molecular flexibility index (Phi) is 5.56. The average molecular weight is 310 g/mol. The average Bonchev–Trinajstić information content (AvgIpc) is 2.60. The van der Waals surface area contributed by atoms with Crippen LogP contribution in [0, 0.1) is 5.92 Å². The zero-order chi connectivity index (χ0) is 16.9. The van der Waals surface area contributed by atoms with Crippen molar-refractivity contribution in [3.8, 4) is 0 Å². The zero-order valence-corrected chi connectivity index (χ0v) is 14.1. The third-order valence-electron chi connectivity index (χ3n) is 4.40. The van der Waals surface area contributed by atoms with E-state index in [-0.39, 0.29) is 23.3 Å². The van der Waals surface area contributed by atoms with Gasteiger partial charge in [-0.1, -0.05) is 81.4 Å². The number of hydrogen-bond acceptors (Lipinski definition) is 2. The maximum absolute atomic E-state index is 12.4. The van der Waals surface area contributed by atoms with Crippen molar-refractivity contribution in [2.45, 2.75) is 32.2 Å². The first kappa shape index (κ1) is 17.2. The van der Waals surface area contributed by atoms with Crippen molar-refractivity contribution in [2.24, 2.45) is 11.7 Å². The van der Waals surface area contributed by atoms with Crippen molar-refractivity contribution in [1.82, 2.24) is 5.32 Å². The molecule has 0 aliphatic rings. The SMILES string of the molecule is CC(C(=O)NCC(C)(C)c1ccccc1)C(N)c1ccccc1. The largest absolute Gasteiger partial charge is 0.355 e. The number of carbonyl (C=O) groups is 1. The highest BCUT2D eigenvalue weighted by Gasteiger charge is 2.25. The fourth-order valence-corrected chi connectivity index (χ4v) is 2.59. The first-order valence-electron chi connectivity index (χ1n) is 8.05. The molecule has 0 heterocycles. The van der Waals surface area contributed by atoms with E-state index in [1.807, 2.05) is 55.5 Å². The lowest BCUT2D eigenvalue weighted by molar-refractivity contribution is -0.125. The molecule has 2 rings (SSSR count). The maximum Gasteiger partial charge on any atom is 0.224 e. The van der Waals surface area contributed by atoms with Crippen LogP contribution in [0.25, 0.3) is 0 Å². The topological polar surface area (TPSA) is 55.1 Å². The predicted octanol–water partition coefficient (Wildman–Crippen LogP) is 3.42. The van der Waals surface area contributed by atoms with Crippen molar-refractivity contribution in [3.63, 3.8) is 0 Å². The molecule has 0 spiro atoms. The minimum Gasteiger partial charge on any atom is -0.355 e. The molecule has 2 unspecified atom stereocenters. The first-order chi connectivity index (χ1) is 10.9. The van der Waals surface area contributed by atoms with E-state index in [1.165, 1.54) is 5.56 Å². The number of benzene rings is 2. The molecule has 0 aliphatic carbocycles. The van der Waals surface area contributed by atoms with Gasteiger partial charge >= 0.3 is 0 Å². The van der Waals surface area contributed by atoms with Crippen LogP contribution < -0.4 is 11.1 Å². The van der Waals surface area contributed by atoms with E-state index in [4.69, 9.17) is 5.73 Å². The summed E-state index contributed by atoms with van der Waals surface area (Å²) in [5.74, 6) is -0.283. The second-order valence-electron chi connectivity index (χ2n) is 6.69. The Morgan fingerprint density at radius 1 is 1.04 bits per heavy atom. The molecule has 2 atom stereocenters. The third kappa shape index (κ3) is 4.42. The summed E-state index contributed by atoms with van der Waals surface area (Å²) in [4.78, 5) is 12.4. The van der Waals surface area contributed by atoms with Gasteiger partial charge in [0.1, 0.15) is 0 Å². The van der Waals surface area contributed by atoms with Gasteiger partial charge in [0, 0.05) is 18.0 Å². The Bertz CT molecular complexity index is 623. The lowest BCUT2D eigenvalue weighted by Crippen LogP contribution is -2.41. The van der Waals surface area contributed by atoms with Crippen LogP contribution in [-0.2, 0) is 10.2 Å². The molecule has 0 aromatic heterocycles. The molecular formula is C20H26N2O. The third-order valence-corrected chi connectivity index (χ3v) is 4.40. The van der Waals surface area contributed by atoms with Gasteiger partial charge in [0.25, 0.3) is 0 Å². The second kappa shape index (κ2) is 7.42. The van der Waals surface area contributed by atoms with Gasteiger partial charge in [-0.15, -0.1) is 0 Å². The maximum atomic E-state index is 12.4. The van der Waals surface area contributed by atoms with Gasteiger partial charge in [0.15, 0.2) is 0 Å². The summed E-state index contributed by atoms with van der Waals surface area (Å²) in [6.45, 7) is 6.72. The van der Waals surface area contributed by atoms with Crippen molar-refractivity contribution >= 4 is 5.91 Å². The molecule has 1 amide bonds. The number of nitrogens with two attached hydrogens (primary N) is 1. The summed E-state index contributed by atoms with van der Waals surface area (Å²) in [5, 5.41) is 3.05. The molecule has 0 saturated carbocycles. The molecule has 3 N–H and O–H groups in total. The number of hydrogen-bond donors (Lipinski definition) is 2. The predicted molar refractivity (Wildman–Crippen MR) is 95.0 cm³/mol. The van der Waals surface area contributed by atoms with Gasteiger partial charge < -0.3 is 11.1 Å². The molecule has 2 aromatic rings. The minimum atomic E-state index is -0.295. The molecule has 122 valence electrons. The molecule has 23 heavy (non-hydrogen) atoms. The van der Waals surface area contributed by atoms with Crippen LogP contribution in [0.1, 0.15) is 37.9 Å². The monoisotopic (exact) mass is 310 g/mol. The molecule has 0 saturated heterocycles. The van der Waals surface area contributed by atoms with Gasteiger partial charge in [0.2, 0.25) is 5.91 Å². The summed E-state index contributed by atoms with van der Waals surface area (Å²) in [6.07, 6.45) is 0. The Morgan fingerprint density at radius 3 is 2.13 bits per heavy atom. The second-order valence-corrected chi connectivity index (χ2v) is 6.69. The van der Waals surface area contributed by atoms with Crippen LogP contribution in [0.4, 0.5) is 0 Å². The smallest absolute Gasteiger partial charge is 0.224 e. The number of amides is 1. The number of carbonyl (C=O) groups excluding carboxylic acids is 1. The van der Waals surface area contributed by atoms with Crippen LogP contribution in [0.2, 0.25) is 0 Å². The quantitative estimate of drug-likeness (QED) is 0.859. The molecule has 0 fully saturated rings. The normalized spacial score (nSPS) is 14.1. The highest BCUT2D eigenvalue weighted by molar-refractivity contribution is 5.79. The molecule has 0 radical (unpaired) electrons. The molecule has 3 heteroatoms. The molecule has 0 aliphatic heterocycles. The lowest BCUT2D eigenvalue weighted by atomic mass is 9.84. The van der Waals surface area contributed by atoms with Gasteiger partial charge in [-0.2, -0.15) is 0 Å². The van der Waals surface area contributed by atoms with E-state index in [9.17, 15) is 4.79 Å². The van der Waals surface area contributed by atoms with Crippen LogP contribution in [0.3, 0.4) is 0 Å². The molecule has 0 bridgehead atoms. The van der Waals surface area contributed by atoms with E-state index in [2.05, 4.69) is 31.3 Å². The van der Waals surface area contributed by atoms with Crippen molar-refractivity contribution < 1.29 is 4.79 Å². The Balaban J connectivity index is 1.96. The van der Waals surface area contributed by atoms with Crippen LogP contribution >= 0.6 is 0 Å². The van der Waals surface area contributed by atoms with Crippen LogP contribution in [0.15, 0.2) is 60.7 Å². The molecule has 3 nitrogen and oxygen atoms in total. The van der Waals surface area contributed by atoms with E-state index in [1.54, 1.807) is 0 Å². The van der Waals surface area contributed by atoms with Gasteiger partial charge in [-0.05, 0) is 11.1 Å². The van der Waals surface area contributed by atoms with Crippen molar-refractivity contribution in [2.75, 3.05) is 6.54 Å². The fraction of sp³-hybridized carbons (Fsp3) is 0.350. The van der Waals surface area contributed by atoms with Gasteiger partial charge in [-0.3, -0.25) is 4.79 Å². The Morgan fingerprint density at radius 2 is 1.57 bits per heavy atom. The highest BCUT2D eigenvalue weighted by atomic mass is 16.1. The Hall–Kier alpha value is -2.13. The van der Waals surface area contributed by atoms with E-state index >= 15 is 0 Å². The van der Waals surface area contributed by atoms with E-state index < -0.39 is 0 Å². The zero-order valence-electron chi connectivity index (χ0n) is 14.1. The van der Waals surface area contributed by atoms with Gasteiger partial charge in [-0.25, -0.2) is 0 Å². The summed E-state index contributed by atoms with van der Waals surface area (Å²) >= 11 is 0. The number of nitrogens with one attached hydrogen (secondary N) is 1. The highest BCUT2D eigenvalue weighted by Crippen LogP contribution is 2.23. The van der Waals surface area contributed by atoms with E-state index in [0.717, 1.165) is 5.56 Å².